The van der Waals surface area contributed by atoms with E-state index in [0.29, 0.717) is 0 Å². The zero-order valence-electron chi connectivity index (χ0n) is 10.2. The van der Waals surface area contributed by atoms with E-state index in [1.54, 1.807) is 0 Å². The highest BCUT2D eigenvalue weighted by Crippen LogP contribution is 2.03. The first kappa shape index (κ1) is 12.7. The Morgan fingerprint density at radius 1 is 1.20 bits per heavy atom. The van der Waals surface area contributed by atoms with Gasteiger partial charge in [0.05, 0.1) is 6.10 Å². The van der Waals surface area contributed by atoms with E-state index in [2.05, 4.69) is 29.7 Å². The van der Waals surface area contributed by atoms with Gasteiger partial charge >= 0.3 is 0 Å². The van der Waals surface area contributed by atoms with Crippen LogP contribution in [0.15, 0.2) is 11.6 Å². The Kier molecular flexibility index (Phi) is 5.29. The van der Waals surface area contributed by atoms with Crippen LogP contribution in [0.5, 0.6) is 0 Å². The fourth-order valence-electron chi connectivity index (χ4n) is 1.84. The molecular weight excluding hydrogens is 188 g/mol. The molecule has 1 atom stereocenters. The number of β-amino-alcohol motifs (C(OH)–C–C–N with tert-alkyl or cyclic N) is 1. The lowest BCUT2D eigenvalue weighted by molar-refractivity contribution is 0.0851. The van der Waals surface area contributed by atoms with Gasteiger partial charge < -0.3 is 5.11 Å². The van der Waals surface area contributed by atoms with Crippen LogP contribution in [0.2, 0.25) is 0 Å². The van der Waals surface area contributed by atoms with Crippen LogP contribution < -0.4 is 0 Å². The molecule has 1 rings (SSSR count). The lowest BCUT2D eigenvalue weighted by Crippen LogP contribution is -2.48. The van der Waals surface area contributed by atoms with Gasteiger partial charge in [0.15, 0.2) is 0 Å². The second-order valence-electron chi connectivity index (χ2n) is 4.73. The molecule has 1 aliphatic heterocycles. The minimum atomic E-state index is -0.200. The highest BCUT2D eigenvalue weighted by Gasteiger charge is 2.16. The van der Waals surface area contributed by atoms with Gasteiger partial charge in [0.25, 0.3) is 0 Å². The molecule has 0 spiro atoms. The SMILES string of the molecule is CC(C)=CCN1CCN(C[C@@H](C)O)CC1. The van der Waals surface area contributed by atoms with E-state index in [0.717, 1.165) is 39.3 Å². The molecule has 15 heavy (non-hydrogen) atoms. The first-order valence-corrected chi connectivity index (χ1v) is 5.84. The van der Waals surface area contributed by atoms with E-state index in [-0.39, 0.29) is 6.10 Å². The molecular formula is C12H24N2O. The first-order chi connectivity index (χ1) is 7.08. The molecule has 1 fully saturated rings. The fraction of sp³-hybridized carbons (Fsp3) is 0.833. The molecule has 3 heteroatoms. The van der Waals surface area contributed by atoms with Crippen LogP contribution in [-0.2, 0) is 0 Å². The molecule has 0 radical (unpaired) electrons. The number of hydrogen-bond acceptors (Lipinski definition) is 3. The van der Waals surface area contributed by atoms with Gasteiger partial charge in [-0.05, 0) is 20.8 Å². The predicted octanol–water partition coefficient (Wildman–Crippen LogP) is 0.951. The van der Waals surface area contributed by atoms with E-state index >= 15 is 0 Å². The average Bonchev–Trinajstić information content (AvgIpc) is 2.16. The summed E-state index contributed by atoms with van der Waals surface area (Å²) in [5, 5.41) is 9.28. The largest absolute Gasteiger partial charge is 0.392 e. The topological polar surface area (TPSA) is 26.7 Å². The van der Waals surface area contributed by atoms with Crippen molar-refractivity contribution in [1.82, 2.24) is 9.80 Å². The second kappa shape index (κ2) is 6.26. The van der Waals surface area contributed by atoms with Gasteiger partial charge in [-0.15, -0.1) is 0 Å². The van der Waals surface area contributed by atoms with Crippen molar-refractivity contribution in [3.63, 3.8) is 0 Å². The molecule has 1 aliphatic rings. The molecule has 1 saturated heterocycles. The van der Waals surface area contributed by atoms with E-state index in [1.165, 1.54) is 5.57 Å². The van der Waals surface area contributed by atoms with E-state index in [4.69, 9.17) is 0 Å². The van der Waals surface area contributed by atoms with Crippen molar-refractivity contribution in [2.75, 3.05) is 39.3 Å². The number of aliphatic hydroxyl groups excluding tert-OH is 1. The Labute approximate surface area is 93.4 Å². The normalized spacial score (nSPS) is 21.3. The molecule has 0 aromatic carbocycles. The lowest BCUT2D eigenvalue weighted by Gasteiger charge is -2.34. The Morgan fingerprint density at radius 3 is 2.20 bits per heavy atom. The first-order valence-electron chi connectivity index (χ1n) is 5.84. The minimum absolute atomic E-state index is 0.200. The van der Waals surface area contributed by atoms with Crippen LogP contribution in [0.1, 0.15) is 20.8 Å². The van der Waals surface area contributed by atoms with E-state index in [1.807, 2.05) is 6.92 Å². The standard InChI is InChI=1S/C12H24N2O/c1-11(2)4-5-13-6-8-14(9-7-13)10-12(3)15/h4,12,15H,5-10H2,1-3H3/t12-/m1/s1. The summed E-state index contributed by atoms with van der Waals surface area (Å²) in [6, 6.07) is 0. The van der Waals surface area contributed by atoms with Gasteiger partial charge in [0, 0.05) is 39.3 Å². The lowest BCUT2D eigenvalue weighted by atomic mass is 10.2. The molecule has 0 amide bonds. The smallest absolute Gasteiger partial charge is 0.0639 e. The summed E-state index contributed by atoms with van der Waals surface area (Å²) in [6.07, 6.45) is 2.08. The molecule has 1 N–H and O–H groups in total. The average molecular weight is 212 g/mol. The van der Waals surface area contributed by atoms with Crippen LogP contribution in [0.4, 0.5) is 0 Å². The third-order valence-corrected chi connectivity index (χ3v) is 2.75. The van der Waals surface area contributed by atoms with Crippen molar-refractivity contribution in [2.45, 2.75) is 26.9 Å². The maximum atomic E-state index is 9.28. The monoisotopic (exact) mass is 212 g/mol. The summed E-state index contributed by atoms with van der Waals surface area (Å²) in [5.41, 5.74) is 1.39. The van der Waals surface area contributed by atoms with Crippen LogP contribution in [0.3, 0.4) is 0 Å². The number of allylic oxidation sites excluding steroid dienone is 1. The van der Waals surface area contributed by atoms with E-state index in [9.17, 15) is 5.11 Å². The van der Waals surface area contributed by atoms with Crippen LogP contribution in [-0.4, -0.2) is 60.3 Å². The zero-order chi connectivity index (χ0) is 11.3. The molecule has 3 nitrogen and oxygen atoms in total. The second-order valence-corrected chi connectivity index (χ2v) is 4.73. The Hall–Kier alpha value is -0.380. The summed E-state index contributed by atoms with van der Waals surface area (Å²) in [7, 11) is 0. The van der Waals surface area contributed by atoms with Crippen LogP contribution in [0.25, 0.3) is 0 Å². The third kappa shape index (κ3) is 5.30. The number of piperazine rings is 1. The Balaban J connectivity index is 2.21. The summed E-state index contributed by atoms with van der Waals surface area (Å²) in [4.78, 5) is 4.80. The molecule has 0 bridgehead atoms. The predicted molar refractivity (Wildman–Crippen MR) is 64.0 cm³/mol. The summed E-state index contributed by atoms with van der Waals surface area (Å²) >= 11 is 0. The number of hydrogen-bond donors (Lipinski definition) is 1. The number of nitrogens with zero attached hydrogens (tertiary/aromatic N) is 2. The van der Waals surface area contributed by atoms with Crippen molar-refractivity contribution in [1.29, 1.82) is 0 Å². The van der Waals surface area contributed by atoms with Gasteiger partial charge in [-0.1, -0.05) is 11.6 Å². The molecule has 1 heterocycles. The maximum Gasteiger partial charge on any atom is 0.0639 e. The van der Waals surface area contributed by atoms with Gasteiger partial charge in [-0.3, -0.25) is 9.80 Å². The quantitative estimate of drug-likeness (QED) is 0.703. The fourth-order valence-corrected chi connectivity index (χ4v) is 1.84. The van der Waals surface area contributed by atoms with Crippen molar-refractivity contribution in [2.24, 2.45) is 0 Å². The number of aliphatic hydroxyl groups is 1. The van der Waals surface area contributed by atoms with Gasteiger partial charge in [0.2, 0.25) is 0 Å². The van der Waals surface area contributed by atoms with Crippen molar-refractivity contribution >= 4 is 0 Å². The molecule has 0 aromatic heterocycles. The van der Waals surface area contributed by atoms with Crippen molar-refractivity contribution in [3.8, 4) is 0 Å². The third-order valence-electron chi connectivity index (χ3n) is 2.75. The molecule has 0 unspecified atom stereocenters. The van der Waals surface area contributed by atoms with Crippen molar-refractivity contribution < 1.29 is 5.11 Å². The molecule has 0 aromatic rings. The van der Waals surface area contributed by atoms with Gasteiger partial charge in [0.1, 0.15) is 0 Å². The van der Waals surface area contributed by atoms with Crippen molar-refractivity contribution in [3.05, 3.63) is 11.6 Å². The van der Waals surface area contributed by atoms with Gasteiger partial charge in [-0.25, -0.2) is 0 Å². The zero-order valence-corrected chi connectivity index (χ0v) is 10.2. The summed E-state index contributed by atoms with van der Waals surface area (Å²) < 4.78 is 0. The Morgan fingerprint density at radius 2 is 1.73 bits per heavy atom. The van der Waals surface area contributed by atoms with E-state index < -0.39 is 0 Å². The maximum absolute atomic E-state index is 9.28. The molecule has 0 aliphatic carbocycles. The summed E-state index contributed by atoms with van der Waals surface area (Å²) in [6.45, 7) is 12.4. The minimum Gasteiger partial charge on any atom is -0.392 e. The van der Waals surface area contributed by atoms with Gasteiger partial charge in [-0.2, -0.15) is 0 Å². The highest BCUT2D eigenvalue weighted by atomic mass is 16.3. The highest BCUT2D eigenvalue weighted by molar-refractivity contribution is 4.95. The van der Waals surface area contributed by atoms with Crippen LogP contribution >= 0.6 is 0 Å². The van der Waals surface area contributed by atoms with Crippen LogP contribution in [0, 0.1) is 0 Å². The molecule has 88 valence electrons. The summed E-state index contributed by atoms with van der Waals surface area (Å²) in [5.74, 6) is 0. The Bertz CT molecular complexity index is 202. The number of rotatable bonds is 4. The molecule has 0 saturated carbocycles.